The molecule has 0 amide bonds. The number of alkyl halides is 3. The minimum absolute atomic E-state index is 0.0533. The van der Waals surface area contributed by atoms with Crippen LogP contribution >= 0.6 is 11.6 Å². The van der Waals surface area contributed by atoms with E-state index in [-0.39, 0.29) is 10.7 Å². The van der Waals surface area contributed by atoms with Crippen LogP contribution in [0, 0.1) is 0 Å². The number of ether oxygens (including phenoxy) is 2. The van der Waals surface area contributed by atoms with Crippen molar-refractivity contribution in [3.05, 3.63) is 88.4 Å². The van der Waals surface area contributed by atoms with E-state index in [2.05, 4.69) is 10.5 Å². The molecule has 0 fully saturated rings. The zero-order valence-electron chi connectivity index (χ0n) is 15.9. The zero-order chi connectivity index (χ0) is 21.6. The number of benzene rings is 3. The number of hydrazone groups is 1. The van der Waals surface area contributed by atoms with E-state index in [0.717, 1.165) is 17.7 Å². The highest BCUT2D eigenvalue weighted by Gasteiger charge is 2.30. The van der Waals surface area contributed by atoms with Gasteiger partial charge in [0, 0.05) is 0 Å². The quantitative estimate of drug-likeness (QED) is 0.346. The first-order valence-electron chi connectivity index (χ1n) is 8.87. The number of halogens is 4. The molecule has 3 aromatic rings. The average molecular weight is 435 g/mol. The van der Waals surface area contributed by atoms with E-state index in [4.69, 9.17) is 21.1 Å². The van der Waals surface area contributed by atoms with Crippen molar-refractivity contribution in [1.29, 1.82) is 0 Å². The summed E-state index contributed by atoms with van der Waals surface area (Å²) < 4.78 is 49.7. The fourth-order valence-corrected chi connectivity index (χ4v) is 2.74. The highest BCUT2D eigenvalue weighted by Crippen LogP contribution is 2.34. The molecular formula is C22H18ClF3N2O2. The van der Waals surface area contributed by atoms with Gasteiger partial charge in [0.2, 0.25) is 0 Å². The normalized spacial score (nSPS) is 11.5. The Kier molecular flexibility index (Phi) is 6.84. The molecular weight excluding hydrogens is 417 g/mol. The molecule has 0 atom stereocenters. The summed E-state index contributed by atoms with van der Waals surface area (Å²) in [6.45, 7) is 0.389. The Balaban J connectivity index is 1.69. The van der Waals surface area contributed by atoms with Gasteiger partial charge in [-0.2, -0.15) is 18.3 Å². The molecule has 0 aliphatic heterocycles. The SMILES string of the molecule is COc1cc(/C=N/Nc2cc(C(F)(F)F)ccc2Cl)ccc1OCc1ccccc1. The van der Waals surface area contributed by atoms with Gasteiger partial charge in [0.05, 0.1) is 29.6 Å². The number of hydrogen-bond acceptors (Lipinski definition) is 4. The van der Waals surface area contributed by atoms with Gasteiger partial charge in [-0.3, -0.25) is 5.43 Å². The van der Waals surface area contributed by atoms with Gasteiger partial charge < -0.3 is 9.47 Å². The summed E-state index contributed by atoms with van der Waals surface area (Å²) in [5, 5.41) is 4.10. The summed E-state index contributed by atoms with van der Waals surface area (Å²) in [6, 6.07) is 17.9. The molecule has 8 heteroatoms. The molecule has 0 aliphatic carbocycles. The molecule has 0 saturated carbocycles. The van der Waals surface area contributed by atoms with E-state index in [1.54, 1.807) is 18.2 Å². The van der Waals surface area contributed by atoms with Crippen LogP contribution in [0.5, 0.6) is 11.5 Å². The third kappa shape index (κ3) is 5.67. The third-order valence-electron chi connectivity index (χ3n) is 4.12. The van der Waals surface area contributed by atoms with Gasteiger partial charge in [-0.1, -0.05) is 41.9 Å². The van der Waals surface area contributed by atoms with Crippen LogP contribution in [0.1, 0.15) is 16.7 Å². The molecule has 30 heavy (non-hydrogen) atoms. The molecule has 0 unspecified atom stereocenters. The minimum atomic E-state index is -4.46. The summed E-state index contributed by atoms with van der Waals surface area (Å²) in [5.41, 5.74) is 3.46. The second kappa shape index (κ2) is 9.54. The van der Waals surface area contributed by atoms with Crippen molar-refractivity contribution in [3.8, 4) is 11.5 Å². The molecule has 0 aliphatic rings. The first-order chi connectivity index (χ1) is 14.4. The van der Waals surface area contributed by atoms with Crippen molar-refractivity contribution in [2.24, 2.45) is 5.10 Å². The van der Waals surface area contributed by atoms with Crippen molar-refractivity contribution in [3.63, 3.8) is 0 Å². The van der Waals surface area contributed by atoms with Crippen LogP contribution in [-0.4, -0.2) is 13.3 Å². The van der Waals surface area contributed by atoms with Gasteiger partial charge in [-0.25, -0.2) is 0 Å². The summed E-state index contributed by atoms with van der Waals surface area (Å²) in [6.07, 6.45) is -3.02. The topological polar surface area (TPSA) is 42.8 Å². The molecule has 0 aromatic heterocycles. The minimum Gasteiger partial charge on any atom is -0.493 e. The zero-order valence-corrected chi connectivity index (χ0v) is 16.7. The molecule has 0 radical (unpaired) electrons. The van der Waals surface area contributed by atoms with Gasteiger partial charge in [-0.05, 0) is 47.5 Å². The molecule has 4 nitrogen and oxygen atoms in total. The standard InChI is InChI=1S/C22H18ClF3N2O2/c1-29-21-11-16(7-10-20(21)30-14-15-5-3-2-4-6-15)13-27-28-19-12-17(22(24,25)26)8-9-18(19)23/h2-13,28H,14H2,1H3/b27-13+. The Morgan fingerprint density at radius 2 is 1.77 bits per heavy atom. The van der Waals surface area contributed by atoms with Gasteiger partial charge in [0.15, 0.2) is 11.5 Å². The number of rotatable bonds is 7. The molecule has 3 aromatic carbocycles. The monoisotopic (exact) mass is 434 g/mol. The van der Waals surface area contributed by atoms with Gasteiger partial charge in [0.25, 0.3) is 0 Å². The molecule has 3 rings (SSSR count). The maximum atomic E-state index is 12.8. The van der Waals surface area contributed by atoms with Crippen molar-refractivity contribution >= 4 is 23.5 Å². The molecule has 0 saturated heterocycles. The highest BCUT2D eigenvalue weighted by atomic mass is 35.5. The van der Waals surface area contributed by atoms with Crippen molar-refractivity contribution < 1.29 is 22.6 Å². The molecule has 0 heterocycles. The van der Waals surface area contributed by atoms with E-state index < -0.39 is 11.7 Å². The Labute approximate surface area is 176 Å². The van der Waals surface area contributed by atoms with E-state index >= 15 is 0 Å². The maximum Gasteiger partial charge on any atom is 0.416 e. The number of anilines is 1. The molecule has 0 spiro atoms. The maximum absolute atomic E-state index is 12.8. The fraction of sp³-hybridized carbons (Fsp3) is 0.136. The number of hydrogen-bond donors (Lipinski definition) is 1. The van der Waals surface area contributed by atoms with Crippen molar-refractivity contribution in [1.82, 2.24) is 0 Å². The Morgan fingerprint density at radius 3 is 2.47 bits per heavy atom. The Bertz CT molecular complexity index is 1020. The van der Waals surface area contributed by atoms with E-state index in [1.807, 2.05) is 30.3 Å². The fourth-order valence-electron chi connectivity index (χ4n) is 2.58. The second-order valence-corrected chi connectivity index (χ2v) is 6.65. The summed E-state index contributed by atoms with van der Waals surface area (Å²) in [4.78, 5) is 0. The predicted octanol–water partition coefficient (Wildman–Crippen LogP) is 6.39. The van der Waals surface area contributed by atoms with Crippen LogP contribution in [0.15, 0.2) is 71.8 Å². The smallest absolute Gasteiger partial charge is 0.416 e. The number of nitrogens with zero attached hydrogens (tertiary/aromatic N) is 1. The summed E-state index contributed by atoms with van der Waals surface area (Å²) in [5.74, 6) is 1.07. The number of nitrogens with one attached hydrogen (secondary N) is 1. The van der Waals surface area contributed by atoms with Crippen LogP contribution in [0.4, 0.5) is 18.9 Å². The lowest BCUT2D eigenvalue weighted by Gasteiger charge is -2.11. The first kappa shape index (κ1) is 21.5. The van der Waals surface area contributed by atoms with Crippen molar-refractivity contribution in [2.45, 2.75) is 12.8 Å². The lowest BCUT2D eigenvalue weighted by Crippen LogP contribution is -2.05. The lowest BCUT2D eigenvalue weighted by molar-refractivity contribution is -0.137. The molecule has 1 N–H and O–H groups in total. The molecule has 0 bridgehead atoms. The first-order valence-corrected chi connectivity index (χ1v) is 9.25. The number of methoxy groups -OCH3 is 1. The van der Waals surface area contributed by atoms with Crippen LogP contribution < -0.4 is 14.9 Å². The van der Waals surface area contributed by atoms with Gasteiger partial charge in [0.1, 0.15) is 6.61 Å². The molecule has 156 valence electrons. The Morgan fingerprint density at radius 1 is 1.00 bits per heavy atom. The van der Waals surface area contributed by atoms with Gasteiger partial charge in [-0.15, -0.1) is 0 Å². The van der Waals surface area contributed by atoms with Crippen LogP contribution in [-0.2, 0) is 12.8 Å². The second-order valence-electron chi connectivity index (χ2n) is 6.25. The van der Waals surface area contributed by atoms with Crippen LogP contribution in [0.2, 0.25) is 5.02 Å². The van der Waals surface area contributed by atoms with Crippen LogP contribution in [0.25, 0.3) is 0 Å². The average Bonchev–Trinajstić information content (AvgIpc) is 2.74. The predicted molar refractivity (Wildman–Crippen MR) is 111 cm³/mol. The van der Waals surface area contributed by atoms with Crippen LogP contribution in [0.3, 0.4) is 0 Å². The third-order valence-corrected chi connectivity index (χ3v) is 4.45. The van der Waals surface area contributed by atoms with E-state index in [9.17, 15) is 13.2 Å². The van der Waals surface area contributed by atoms with Gasteiger partial charge >= 0.3 is 6.18 Å². The van der Waals surface area contributed by atoms with Crippen molar-refractivity contribution in [2.75, 3.05) is 12.5 Å². The largest absolute Gasteiger partial charge is 0.493 e. The summed E-state index contributed by atoms with van der Waals surface area (Å²) in [7, 11) is 1.52. The Hall–Kier alpha value is -3.19. The summed E-state index contributed by atoms with van der Waals surface area (Å²) >= 11 is 5.94. The van der Waals surface area contributed by atoms with E-state index in [1.165, 1.54) is 19.4 Å². The van der Waals surface area contributed by atoms with E-state index in [0.29, 0.717) is 23.7 Å². The lowest BCUT2D eigenvalue weighted by atomic mass is 10.2. The highest BCUT2D eigenvalue weighted by molar-refractivity contribution is 6.33.